The van der Waals surface area contributed by atoms with Gasteiger partial charge in [0.25, 0.3) is 0 Å². The zero-order valence-electron chi connectivity index (χ0n) is 16.7. The summed E-state index contributed by atoms with van der Waals surface area (Å²) in [6.07, 6.45) is 6.71. The van der Waals surface area contributed by atoms with E-state index < -0.39 is 0 Å². The SMILES string of the molecule is CC(=O)N(CC(=O)N(Cc1ccccc1)c1ccccc1)C1CCCCCC1. The van der Waals surface area contributed by atoms with E-state index in [1.54, 1.807) is 16.7 Å². The number of rotatable bonds is 6. The lowest BCUT2D eigenvalue weighted by atomic mass is 10.1. The van der Waals surface area contributed by atoms with Crippen molar-refractivity contribution in [2.45, 2.75) is 58.0 Å². The van der Waals surface area contributed by atoms with Gasteiger partial charge in [0.1, 0.15) is 6.54 Å². The molecule has 1 aliphatic rings. The third kappa shape index (κ3) is 5.44. The van der Waals surface area contributed by atoms with Gasteiger partial charge >= 0.3 is 0 Å². The van der Waals surface area contributed by atoms with Gasteiger partial charge in [-0.25, -0.2) is 0 Å². The van der Waals surface area contributed by atoms with Crippen molar-refractivity contribution in [3.05, 3.63) is 66.2 Å². The van der Waals surface area contributed by atoms with Crippen LogP contribution in [0.4, 0.5) is 5.69 Å². The van der Waals surface area contributed by atoms with E-state index in [0.717, 1.165) is 36.9 Å². The number of anilines is 1. The molecule has 2 aromatic carbocycles. The van der Waals surface area contributed by atoms with Crippen LogP contribution >= 0.6 is 0 Å². The summed E-state index contributed by atoms with van der Waals surface area (Å²) in [6.45, 7) is 2.23. The van der Waals surface area contributed by atoms with Crippen LogP contribution in [0.3, 0.4) is 0 Å². The van der Waals surface area contributed by atoms with Gasteiger partial charge in [0.2, 0.25) is 11.8 Å². The van der Waals surface area contributed by atoms with Crippen LogP contribution in [-0.2, 0) is 16.1 Å². The highest BCUT2D eigenvalue weighted by molar-refractivity contribution is 5.96. The second-order valence-electron chi connectivity index (χ2n) is 7.59. The van der Waals surface area contributed by atoms with Gasteiger partial charge in [0.05, 0.1) is 6.54 Å². The standard InChI is InChI=1S/C24H30N2O2/c1-20(27)25(22-14-8-2-3-9-15-22)19-24(28)26(23-16-10-5-11-17-23)18-21-12-6-4-7-13-21/h4-7,10-13,16-17,22H,2-3,8-9,14-15,18-19H2,1H3. The monoisotopic (exact) mass is 378 g/mol. The highest BCUT2D eigenvalue weighted by atomic mass is 16.2. The van der Waals surface area contributed by atoms with Gasteiger partial charge in [0.15, 0.2) is 0 Å². The zero-order valence-corrected chi connectivity index (χ0v) is 16.7. The molecule has 0 heterocycles. The van der Waals surface area contributed by atoms with Crippen LogP contribution in [-0.4, -0.2) is 29.3 Å². The summed E-state index contributed by atoms with van der Waals surface area (Å²) < 4.78 is 0. The summed E-state index contributed by atoms with van der Waals surface area (Å²) in [5.74, 6) is -0.0394. The molecule has 3 rings (SSSR count). The first kappa shape index (κ1) is 20.1. The average molecular weight is 379 g/mol. The van der Waals surface area contributed by atoms with E-state index in [4.69, 9.17) is 0 Å². The molecule has 1 fully saturated rings. The molecule has 0 radical (unpaired) electrons. The fourth-order valence-corrected chi connectivity index (χ4v) is 4.00. The first-order chi connectivity index (χ1) is 13.6. The smallest absolute Gasteiger partial charge is 0.246 e. The summed E-state index contributed by atoms with van der Waals surface area (Å²) in [5.41, 5.74) is 1.93. The minimum absolute atomic E-state index is 0.00651. The van der Waals surface area contributed by atoms with E-state index in [1.165, 1.54) is 12.8 Å². The zero-order chi connectivity index (χ0) is 19.8. The summed E-state index contributed by atoms with van der Waals surface area (Å²) in [4.78, 5) is 29.3. The first-order valence-corrected chi connectivity index (χ1v) is 10.3. The minimum atomic E-state index is -0.0329. The predicted octanol–water partition coefficient (Wildman–Crippen LogP) is 4.79. The lowest BCUT2D eigenvalue weighted by Crippen LogP contribution is -2.46. The van der Waals surface area contributed by atoms with Crippen molar-refractivity contribution in [2.75, 3.05) is 11.4 Å². The van der Waals surface area contributed by atoms with Crippen molar-refractivity contribution >= 4 is 17.5 Å². The summed E-state index contributed by atoms with van der Waals surface area (Å²) in [6, 6.07) is 19.9. The topological polar surface area (TPSA) is 40.6 Å². The Labute approximate surface area is 168 Å². The van der Waals surface area contributed by atoms with E-state index in [-0.39, 0.29) is 24.4 Å². The number of hydrogen-bond acceptors (Lipinski definition) is 2. The van der Waals surface area contributed by atoms with Crippen LogP contribution in [0.25, 0.3) is 0 Å². The van der Waals surface area contributed by atoms with E-state index in [9.17, 15) is 9.59 Å². The van der Waals surface area contributed by atoms with Gasteiger partial charge in [-0.05, 0) is 30.5 Å². The predicted molar refractivity (Wildman–Crippen MR) is 113 cm³/mol. The first-order valence-electron chi connectivity index (χ1n) is 10.3. The molecule has 0 unspecified atom stereocenters. The van der Waals surface area contributed by atoms with Crippen molar-refractivity contribution in [2.24, 2.45) is 0 Å². The van der Waals surface area contributed by atoms with E-state index >= 15 is 0 Å². The number of para-hydroxylation sites is 1. The molecule has 0 aromatic heterocycles. The van der Waals surface area contributed by atoms with Gasteiger partial charge in [0, 0.05) is 18.7 Å². The Morgan fingerprint density at radius 2 is 1.43 bits per heavy atom. The maximum absolute atomic E-state index is 13.3. The summed E-state index contributed by atoms with van der Waals surface area (Å²) >= 11 is 0. The molecule has 2 amide bonds. The number of hydrogen-bond donors (Lipinski definition) is 0. The molecule has 1 aliphatic carbocycles. The summed E-state index contributed by atoms with van der Waals surface area (Å²) in [5, 5.41) is 0. The number of benzene rings is 2. The lowest BCUT2D eigenvalue weighted by molar-refractivity contribution is -0.136. The third-order valence-electron chi connectivity index (χ3n) is 5.53. The fraction of sp³-hybridized carbons (Fsp3) is 0.417. The van der Waals surface area contributed by atoms with Crippen LogP contribution in [0.15, 0.2) is 60.7 Å². The highest BCUT2D eigenvalue weighted by Gasteiger charge is 2.27. The van der Waals surface area contributed by atoms with Crippen LogP contribution in [0.2, 0.25) is 0 Å². The lowest BCUT2D eigenvalue weighted by Gasteiger charge is -2.32. The maximum atomic E-state index is 13.3. The molecule has 0 aliphatic heterocycles. The Bertz CT molecular complexity index is 753. The van der Waals surface area contributed by atoms with E-state index in [2.05, 4.69) is 0 Å². The molecular formula is C24H30N2O2. The minimum Gasteiger partial charge on any atom is -0.331 e. The van der Waals surface area contributed by atoms with Crippen LogP contribution < -0.4 is 4.90 Å². The number of carbonyl (C=O) groups excluding carboxylic acids is 2. The van der Waals surface area contributed by atoms with Crippen molar-refractivity contribution in [1.29, 1.82) is 0 Å². The maximum Gasteiger partial charge on any atom is 0.246 e. The van der Waals surface area contributed by atoms with Crippen molar-refractivity contribution in [1.82, 2.24) is 4.90 Å². The Kier molecular flexibility index (Phi) is 7.24. The molecule has 28 heavy (non-hydrogen) atoms. The van der Waals surface area contributed by atoms with Gasteiger partial charge in [-0.2, -0.15) is 0 Å². The number of amides is 2. The second-order valence-corrected chi connectivity index (χ2v) is 7.59. The Hall–Kier alpha value is -2.62. The van der Waals surface area contributed by atoms with Gasteiger partial charge in [-0.3, -0.25) is 9.59 Å². The molecule has 0 spiro atoms. The Morgan fingerprint density at radius 1 is 0.857 bits per heavy atom. The second kappa shape index (κ2) is 10.1. The molecule has 148 valence electrons. The fourth-order valence-electron chi connectivity index (χ4n) is 4.00. The summed E-state index contributed by atoms with van der Waals surface area (Å²) in [7, 11) is 0. The van der Waals surface area contributed by atoms with Crippen LogP contribution in [0, 0.1) is 0 Å². The molecule has 1 saturated carbocycles. The Morgan fingerprint density at radius 3 is 2.00 bits per heavy atom. The largest absolute Gasteiger partial charge is 0.331 e. The molecule has 0 bridgehead atoms. The van der Waals surface area contributed by atoms with Crippen molar-refractivity contribution in [3.63, 3.8) is 0 Å². The number of nitrogens with zero attached hydrogens (tertiary/aromatic N) is 2. The third-order valence-corrected chi connectivity index (χ3v) is 5.53. The molecule has 0 saturated heterocycles. The van der Waals surface area contributed by atoms with E-state index in [1.807, 2.05) is 60.7 Å². The van der Waals surface area contributed by atoms with Crippen molar-refractivity contribution < 1.29 is 9.59 Å². The number of carbonyl (C=O) groups is 2. The average Bonchev–Trinajstić information content (AvgIpc) is 3.00. The molecule has 0 N–H and O–H groups in total. The van der Waals surface area contributed by atoms with Crippen LogP contribution in [0.5, 0.6) is 0 Å². The van der Waals surface area contributed by atoms with Gasteiger partial charge in [-0.15, -0.1) is 0 Å². The quantitative estimate of drug-likeness (QED) is 0.678. The highest BCUT2D eigenvalue weighted by Crippen LogP contribution is 2.23. The molecule has 4 nitrogen and oxygen atoms in total. The van der Waals surface area contributed by atoms with Gasteiger partial charge in [-0.1, -0.05) is 74.2 Å². The van der Waals surface area contributed by atoms with Gasteiger partial charge < -0.3 is 9.80 Å². The molecular weight excluding hydrogens is 348 g/mol. The Balaban J connectivity index is 1.80. The normalized spacial score (nSPS) is 14.9. The molecule has 4 heteroatoms. The molecule has 2 aromatic rings. The van der Waals surface area contributed by atoms with Crippen molar-refractivity contribution in [3.8, 4) is 0 Å². The van der Waals surface area contributed by atoms with Crippen LogP contribution in [0.1, 0.15) is 51.0 Å². The van der Waals surface area contributed by atoms with E-state index in [0.29, 0.717) is 6.54 Å². The molecule has 0 atom stereocenters.